The smallest absolute Gasteiger partial charge is 0.335 e. The summed E-state index contributed by atoms with van der Waals surface area (Å²) in [6.07, 6.45) is 9.00. The van der Waals surface area contributed by atoms with Crippen molar-refractivity contribution < 1.29 is 30.0 Å². The first-order valence-corrected chi connectivity index (χ1v) is 7.07. The molecule has 0 heterocycles. The van der Waals surface area contributed by atoms with Crippen molar-refractivity contribution in [3.05, 3.63) is 35.4 Å². The number of rotatable bonds is 2. The van der Waals surface area contributed by atoms with Crippen molar-refractivity contribution >= 4 is 11.9 Å². The van der Waals surface area contributed by atoms with Crippen LogP contribution in [0.5, 0.6) is 0 Å². The summed E-state index contributed by atoms with van der Waals surface area (Å²) >= 11 is 0. The third kappa shape index (κ3) is 10.8. The SMILES string of the molecule is C1CCCCC1.CO.CO.O=C(O)c1ccc(C(=O)O)cc1. The van der Waals surface area contributed by atoms with Gasteiger partial charge in [0.25, 0.3) is 0 Å². The quantitative estimate of drug-likeness (QED) is 0.667. The Hall–Kier alpha value is -1.92. The summed E-state index contributed by atoms with van der Waals surface area (Å²) in [6, 6.07) is 5.02. The highest BCUT2D eigenvalue weighted by Gasteiger charge is 2.04. The average molecular weight is 314 g/mol. The van der Waals surface area contributed by atoms with E-state index in [1.807, 2.05) is 0 Å². The molecule has 6 heteroatoms. The van der Waals surface area contributed by atoms with Gasteiger partial charge in [-0.25, -0.2) is 9.59 Å². The zero-order valence-electron chi connectivity index (χ0n) is 13.2. The number of carbonyl (C=O) groups is 2. The predicted molar refractivity (Wildman–Crippen MR) is 84.3 cm³/mol. The molecule has 0 unspecified atom stereocenters. The molecule has 0 amide bonds. The Morgan fingerprint density at radius 1 is 0.636 bits per heavy atom. The molecular weight excluding hydrogens is 288 g/mol. The topological polar surface area (TPSA) is 115 Å². The molecule has 0 spiro atoms. The first kappa shape index (κ1) is 22.4. The van der Waals surface area contributed by atoms with E-state index in [0.29, 0.717) is 0 Å². The van der Waals surface area contributed by atoms with Gasteiger partial charge in [-0.2, -0.15) is 0 Å². The summed E-state index contributed by atoms with van der Waals surface area (Å²) in [5.74, 6) is -2.13. The van der Waals surface area contributed by atoms with Crippen molar-refractivity contribution in [2.24, 2.45) is 0 Å². The van der Waals surface area contributed by atoms with Gasteiger partial charge in [-0.3, -0.25) is 0 Å². The highest BCUT2D eigenvalue weighted by atomic mass is 16.4. The first-order valence-electron chi connectivity index (χ1n) is 7.07. The van der Waals surface area contributed by atoms with Crippen molar-refractivity contribution in [3.8, 4) is 0 Å². The molecular formula is C16H26O6. The summed E-state index contributed by atoms with van der Waals surface area (Å²) in [4.78, 5) is 20.7. The van der Waals surface area contributed by atoms with E-state index in [0.717, 1.165) is 14.2 Å². The molecule has 0 aromatic heterocycles. The van der Waals surface area contributed by atoms with Crippen molar-refractivity contribution in [2.45, 2.75) is 38.5 Å². The summed E-state index contributed by atoms with van der Waals surface area (Å²) in [7, 11) is 2.00. The van der Waals surface area contributed by atoms with E-state index in [-0.39, 0.29) is 11.1 Å². The summed E-state index contributed by atoms with van der Waals surface area (Å²) < 4.78 is 0. The van der Waals surface area contributed by atoms with E-state index in [1.54, 1.807) is 0 Å². The highest BCUT2D eigenvalue weighted by molar-refractivity contribution is 5.91. The number of aliphatic hydroxyl groups excluding tert-OH is 2. The number of hydrogen-bond acceptors (Lipinski definition) is 4. The maximum Gasteiger partial charge on any atom is 0.335 e. The van der Waals surface area contributed by atoms with E-state index >= 15 is 0 Å². The number of carboxylic acid groups (broad SMARTS) is 2. The Morgan fingerprint density at radius 3 is 0.955 bits per heavy atom. The minimum absolute atomic E-state index is 0.0833. The fraction of sp³-hybridized carbons (Fsp3) is 0.500. The van der Waals surface area contributed by atoms with Crippen LogP contribution < -0.4 is 0 Å². The molecule has 0 atom stereocenters. The van der Waals surface area contributed by atoms with Crippen molar-refractivity contribution in [1.82, 2.24) is 0 Å². The van der Waals surface area contributed by atoms with Crippen LogP contribution >= 0.6 is 0 Å². The number of hydrogen-bond donors (Lipinski definition) is 4. The van der Waals surface area contributed by atoms with Gasteiger partial charge in [0.15, 0.2) is 0 Å². The molecule has 0 bridgehead atoms. The molecule has 1 aliphatic carbocycles. The molecule has 0 saturated heterocycles. The Morgan fingerprint density at radius 2 is 0.818 bits per heavy atom. The lowest BCUT2D eigenvalue weighted by Crippen LogP contribution is -1.99. The first-order chi connectivity index (χ1) is 10.6. The molecule has 126 valence electrons. The Labute approximate surface area is 131 Å². The van der Waals surface area contributed by atoms with Crippen LogP contribution in [0.15, 0.2) is 24.3 Å². The Kier molecular flexibility index (Phi) is 15.7. The largest absolute Gasteiger partial charge is 0.478 e. The predicted octanol–water partition coefficient (Wildman–Crippen LogP) is 2.64. The Bertz CT molecular complexity index is 351. The molecule has 1 aliphatic rings. The second kappa shape index (κ2) is 15.5. The van der Waals surface area contributed by atoms with Crippen LogP contribution in [0, 0.1) is 0 Å². The van der Waals surface area contributed by atoms with Crippen LogP contribution in [-0.2, 0) is 0 Å². The summed E-state index contributed by atoms with van der Waals surface area (Å²) in [6.45, 7) is 0. The minimum atomic E-state index is -1.06. The molecule has 6 nitrogen and oxygen atoms in total. The van der Waals surface area contributed by atoms with Gasteiger partial charge in [-0.15, -0.1) is 0 Å². The second-order valence-electron chi connectivity index (χ2n) is 4.31. The fourth-order valence-corrected chi connectivity index (χ4v) is 1.82. The minimum Gasteiger partial charge on any atom is -0.478 e. The lowest BCUT2D eigenvalue weighted by atomic mass is 10.0. The molecule has 0 radical (unpaired) electrons. The molecule has 1 aromatic carbocycles. The van der Waals surface area contributed by atoms with Gasteiger partial charge in [-0.05, 0) is 24.3 Å². The van der Waals surface area contributed by atoms with Crippen molar-refractivity contribution in [2.75, 3.05) is 14.2 Å². The lowest BCUT2D eigenvalue weighted by molar-refractivity contribution is 0.0681. The van der Waals surface area contributed by atoms with Gasteiger partial charge >= 0.3 is 11.9 Å². The third-order valence-corrected chi connectivity index (χ3v) is 2.88. The molecule has 1 fully saturated rings. The molecule has 22 heavy (non-hydrogen) atoms. The monoisotopic (exact) mass is 314 g/mol. The van der Waals surface area contributed by atoms with Gasteiger partial charge < -0.3 is 20.4 Å². The van der Waals surface area contributed by atoms with Crippen molar-refractivity contribution in [1.29, 1.82) is 0 Å². The van der Waals surface area contributed by atoms with Gasteiger partial charge in [0.1, 0.15) is 0 Å². The molecule has 0 aliphatic heterocycles. The van der Waals surface area contributed by atoms with Crippen LogP contribution in [0.2, 0.25) is 0 Å². The number of benzene rings is 1. The zero-order chi connectivity index (χ0) is 17.4. The van der Waals surface area contributed by atoms with Crippen LogP contribution in [0.3, 0.4) is 0 Å². The lowest BCUT2D eigenvalue weighted by Gasteiger charge is -2.05. The van der Waals surface area contributed by atoms with E-state index in [1.165, 1.54) is 62.8 Å². The van der Waals surface area contributed by atoms with E-state index in [2.05, 4.69) is 0 Å². The normalized spacial score (nSPS) is 12.2. The fourth-order valence-electron chi connectivity index (χ4n) is 1.82. The van der Waals surface area contributed by atoms with Gasteiger partial charge in [-0.1, -0.05) is 38.5 Å². The van der Waals surface area contributed by atoms with E-state index in [4.69, 9.17) is 20.4 Å². The Balaban J connectivity index is 0. The zero-order valence-corrected chi connectivity index (χ0v) is 13.2. The van der Waals surface area contributed by atoms with Crippen LogP contribution in [0.4, 0.5) is 0 Å². The van der Waals surface area contributed by atoms with Crippen LogP contribution in [0.25, 0.3) is 0 Å². The summed E-state index contributed by atoms with van der Waals surface area (Å²) in [5.41, 5.74) is 0.167. The molecule has 1 aromatic rings. The highest BCUT2D eigenvalue weighted by Crippen LogP contribution is 2.15. The van der Waals surface area contributed by atoms with E-state index in [9.17, 15) is 9.59 Å². The summed E-state index contributed by atoms with van der Waals surface area (Å²) in [5, 5.41) is 30.9. The molecule has 1 saturated carbocycles. The molecule has 4 N–H and O–H groups in total. The van der Waals surface area contributed by atoms with Crippen LogP contribution in [-0.4, -0.2) is 46.6 Å². The number of aliphatic hydroxyl groups is 2. The average Bonchev–Trinajstić information content (AvgIpc) is 2.60. The number of aromatic carboxylic acids is 2. The van der Waals surface area contributed by atoms with E-state index < -0.39 is 11.9 Å². The maximum atomic E-state index is 10.3. The second-order valence-corrected chi connectivity index (χ2v) is 4.31. The molecule has 2 rings (SSSR count). The maximum absolute atomic E-state index is 10.3. The standard InChI is InChI=1S/C8H6O4.C6H12.2CH4O/c9-7(10)5-1-2-6(4-3-5)8(11)12;1-2-4-6-5-3-1;2*1-2/h1-4H,(H,9,10)(H,11,12);1-6H2;2*2H,1H3. The van der Waals surface area contributed by atoms with Crippen molar-refractivity contribution in [3.63, 3.8) is 0 Å². The van der Waals surface area contributed by atoms with Crippen LogP contribution in [0.1, 0.15) is 59.2 Å². The van der Waals surface area contributed by atoms with Gasteiger partial charge in [0.05, 0.1) is 11.1 Å². The third-order valence-electron chi connectivity index (χ3n) is 2.88. The number of carboxylic acids is 2. The van der Waals surface area contributed by atoms with Gasteiger partial charge in [0, 0.05) is 14.2 Å². The van der Waals surface area contributed by atoms with Gasteiger partial charge in [0.2, 0.25) is 0 Å².